The van der Waals surface area contributed by atoms with Crippen LogP contribution in [0.25, 0.3) is 0 Å². The van der Waals surface area contributed by atoms with Crippen molar-refractivity contribution in [3.05, 3.63) is 15.6 Å². The molecule has 0 aromatic carbocycles. The number of nitrogens with zero attached hydrogens (tertiary/aromatic N) is 2. The van der Waals surface area contributed by atoms with Crippen molar-refractivity contribution in [2.45, 2.75) is 44.1 Å². The molecule has 0 saturated heterocycles. The summed E-state index contributed by atoms with van der Waals surface area (Å²) < 4.78 is 6.65. The zero-order valence-corrected chi connectivity index (χ0v) is 12.2. The molecule has 2 N–H and O–H groups in total. The SMILES string of the molecule is COC1(c2ncc(I)c(N)n2)CCCCCC1. The Morgan fingerprint density at radius 3 is 2.47 bits per heavy atom. The quantitative estimate of drug-likeness (QED) is 0.660. The Labute approximate surface area is 115 Å². The Bertz CT molecular complexity index is 389. The highest BCUT2D eigenvalue weighted by Crippen LogP contribution is 2.37. The lowest BCUT2D eigenvalue weighted by atomic mass is 9.93. The first-order valence-electron chi connectivity index (χ1n) is 6.01. The van der Waals surface area contributed by atoms with Gasteiger partial charge in [0.1, 0.15) is 11.4 Å². The number of hydrogen-bond acceptors (Lipinski definition) is 4. The molecule has 94 valence electrons. The molecule has 17 heavy (non-hydrogen) atoms. The Kier molecular flexibility index (Phi) is 4.19. The van der Waals surface area contributed by atoms with Crippen LogP contribution in [0.2, 0.25) is 0 Å². The number of aromatic nitrogens is 2. The van der Waals surface area contributed by atoms with Gasteiger partial charge >= 0.3 is 0 Å². The first-order valence-corrected chi connectivity index (χ1v) is 7.09. The van der Waals surface area contributed by atoms with Crippen LogP contribution in [0, 0.1) is 3.57 Å². The van der Waals surface area contributed by atoms with E-state index < -0.39 is 0 Å². The molecule has 1 fully saturated rings. The van der Waals surface area contributed by atoms with Crippen LogP contribution in [0.1, 0.15) is 44.3 Å². The van der Waals surface area contributed by atoms with Crippen molar-refractivity contribution in [3.8, 4) is 0 Å². The van der Waals surface area contributed by atoms with Gasteiger partial charge in [0.05, 0.1) is 3.57 Å². The third-order valence-electron chi connectivity index (χ3n) is 3.48. The lowest BCUT2D eigenvalue weighted by Crippen LogP contribution is -2.30. The second-order valence-electron chi connectivity index (χ2n) is 4.54. The van der Waals surface area contributed by atoms with Crippen LogP contribution in [0.5, 0.6) is 0 Å². The number of ether oxygens (including phenoxy) is 1. The molecule has 0 amide bonds. The zero-order chi connectivity index (χ0) is 12.3. The average Bonchev–Trinajstić information content (AvgIpc) is 2.59. The molecular weight excluding hydrogens is 329 g/mol. The van der Waals surface area contributed by atoms with Crippen LogP contribution in [0.3, 0.4) is 0 Å². The maximum absolute atomic E-state index is 5.87. The van der Waals surface area contributed by atoms with Gasteiger partial charge in [-0.25, -0.2) is 9.97 Å². The molecule has 1 saturated carbocycles. The number of methoxy groups -OCH3 is 1. The van der Waals surface area contributed by atoms with E-state index in [9.17, 15) is 0 Å². The number of halogens is 1. The molecule has 1 aliphatic rings. The first kappa shape index (κ1) is 13.0. The van der Waals surface area contributed by atoms with Crippen LogP contribution in [0.15, 0.2) is 6.20 Å². The summed E-state index contributed by atoms with van der Waals surface area (Å²) in [5.41, 5.74) is 5.54. The minimum atomic E-state index is -0.324. The minimum absolute atomic E-state index is 0.324. The first-order chi connectivity index (χ1) is 8.18. The topological polar surface area (TPSA) is 61.0 Å². The van der Waals surface area contributed by atoms with E-state index in [-0.39, 0.29) is 5.60 Å². The molecule has 0 aliphatic heterocycles. The normalized spacial score (nSPS) is 19.9. The van der Waals surface area contributed by atoms with Crippen molar-refractivity contribution in [2.24, 2.45) is 0 Å². The van der Waals surface area contributed by atoms with Gasteiger partial charge in [-0.3, -0.25) is 0 Å². The lowest BCUT2D eigenvalue weighted by Gasteiger charge is -2.29. The number of rotatable bonds is 2. The predicted octanol–water partition coefficient (Wildman–Crippen LogP) is 2.86. The van der Waals surface area contributed by atoms with E-state index in [0.717, 1.165) is 22.2 Å². The number of nitrogens with two attached hydrogens (primary N) is 1. The summed E-state index contributed by atoms with van der Waals surface area (Å²) in [6.07, 6.45) is 8.64. The molecular formula is C12H18IN3O. The summed E-state index contributed by atoms with van der Waals surface area (Å²) in [6.45, 7) is 0. The van der Waals surface area contributed by atoms with Gasteiger partial charge in [0.25, 0.3) is 0 Å². The molecule has 1 heterocycles. The molecule has 0 bridgehead atoms. The molecule has 0 spiro atoms. The van der Waals surface area contributed by atoms with Gasteiger partial charge in [0.2, 0.25) is 0 Å². The lowest BCUT2D eigenvalue weighted by molar-refractivity contribution is -0.0350. The van der Waals surface area contributed by atoms with E-state index in [4.69, 9.17) is 10.5 Å². The maximum atomic E-state index is 5.87. The van der Waals surface area contributed by atoms with Crippen molar-refractivity contribution in [3.63, 3.8) is 0 Å². The Balaban J connectivity index is 2.35. The molecule has 0 atom stereocenters. The monoisotopic (exact) mass is 347 g/mol. The van der Waals surface area contributed by atoms with Gasteiger partial charge in [-0.15, -0.1) is 0 Å². The van der Waals surface area contributed by atoms with Gasteiger partial charge in [0.15, 0.2) is 5.82 Å². The molecule has 1 aromatic heterocycles. The summed E-state index contributed by atoms with van der Waals surface area (Å²) in [4.78, 5) is 8.84. The Hall–Kier alpha value is -0.430. The average molecular weight is 347 g/mol. The zero-order valence-electron chi connectivity index (χ0n) is 10.1. The van der Waals surface area contributed by atoms with Crippen molar-refractivity contribution < 1.29 is 4.74 Å². The summed E-state index contributed by atoms with van der Waals surface area (Å²) in [6, 6.07) is 0. The molecule has 1 aromatic rings. The highest BCUT2D eigenvalue weighted by Gasteiger charge is 2.35. The summed E-state index contributed by atoms with van der Waals surface area (Å²) in [5, 5.41) is 0. The molecule has 5 heteroatoms. The van der Waals surface area contributed by atoms with Crippen LogP contribution in [0.4, 0.5) is 5.82 Å². The van der Waals surface area contributed by atoms with Crippen LogP contribution < -0.4 is 5.73 Å². The van der Waals surface area contributed by atoms with E-state index in [1.165, 1.54) is 25.7 Å². The standard InChI is InChI=1S/C12H18IN3O/c1-17-12(6-4-2-3-5-7-12)11-15-8-9(13)10(14)16-11/h8H,2-7H2,1H3,(H2,14,15,16). The third-order valence-corrected chi connectivity index (χ3v) is 4.31. The fraction of sp³-hybridized carbons (Fsp3) is 0.667. The second kappa shape index (κ2) is 5.48. The fourth-order valence-corrected chi connectivity index (χ4v) is 2.68. The van der Waals surface area contributed by atoms with Crippen molar-refractivity contribution in [1.29, 1.82) is 0 Å². The van der Waals surface area contributed by atoms with Gasteiger partial charge in [-0.2, -0.15) is 0 Å². The Morgan fingerprint density at radius 2 is 1.94 bits per heavy atom. The smallest absolute Gasteiger partial charge is 0.162 e. The van der Waals surface area contributed by atoms with Crippen molar-refractivity contribution in [2.75, 3.05) is 12.8 Å². The van der Waals surface area contributed by atoms with E-state index in [1.807, 2.05) is 0 Å². The highest BCUT2D eigenvalue weighted by atomic mass is 127. The third kappa shape index (κ3) is 2.70. The van der Waals surface area contributed by atoms with Crippen LogP contribution in [-0.2, 0) is 10.3 Å². The molecule has 4 nitrogen and oxygen atoms in total. The highest BCUT2D eigenvalue weighted by molar-refractivity contribution is 14.1. The van der Waals surface area contributed by atoms with E-state index in [1.54, 1.807) is 13.3 Å². The summed E-state index contributed by atoms with van der Waals surface area (Å²) in [5.74, 6) is 1.30. The second-order valence-corrected chi connectivity index (χ2v) is 5.70. The molecule has 0 unspecified atom stereocenters. The maximum Gasteiger partial charge on any atom is 0.162 e. The van der Waals surface area contributed by atoms with Gasteiger partial charge in [0, 0.05) is 13.3 Å². The summed E-state index contributed by atoms with van der Waals surface area (Å²) in [7, 11) is 1.75. The van der Waals surface area contributed by atoms with Gasteiger partial charge in [-0.05, 0) is 35.4 Å². The summed E-state index contributed by atoms with van der Waals surface area (Å²) >= 11 is 2.15. The minimum Gasteiger partial charge on any atom is -0.383 e. The molecule has 2 rings (SSSR count). The van der Waals surface area contributed by atoms with Gasteiger partial charge < -0.3 is 10.5 Å². The van der Waals surface area contributed by atoms with Crippen LogP contribution >= 0.6 is 22.6 Å². The molecule has 1 aliphatic carbocycles. The largest absolute Gasteiger partial charge is 0.383 e. The van der Waals surface area contributed by atoms with Crippen LogP contribution in [-0.4, -0.2) is 17.1 Å². The van der Waals surface area contributed by atoms with E-state index >= 15 is 0 Å². The van der Waals surface area contributed by atoms with Gasteiger partial charge in [-0.1, -0.05) is 25.7 Å². The predicted molar refractivity (Wildman–Crippen MR) is 75.6 cm³/mol. The van der Waals surface area contributed by atoms with E-state index in [0.29, 0.717) is 5.82 Å². The molecule has 0 radical (unpaired) electrons. The van der Waals surface area contributed by atoms with E-state index in [2.05, 4.69) is 32.6 Å². The van der Waals surface area contributed by atoms with Crippen molar-refractivity contribution in [1.82, 2.24) is 9.97 Å². The Morgan fingerprint density at radius 1 is 1.29 bits per heavy atom. The number of anilines is 1. The van der Waals surface area contributed by atoms with Crippen molar-refractivity contribution >= 4 is 28.4 Å². The fourth-order valence-electron chi connectivity index (χ4n) is 2.42. The number of nitrogen functional groups attached to an aromatic ring is 1. The number of hydrogen-bond donors (Lipinski definition) is 1.